The van der Waals surface area contributed by atoms with Gasteiger partial charge in [-0.3, -0.25) is 4.79 Å². The van der Waals surface area contributed by atoms with Crippen molar-refractivity contribution in [3.8, 4) is 6.07 Å². The van der Waals surface area contributed by atoms with Crippen molar-refractivity contribution in [1.29, 1.82) is 5.26 Å². The van der Waals surface area contributed by atoms with Crippen LogP contribution in [0.5, 0.6) is 0 Å². The molecular weight excluding hydrogens is 340 g/mol. The van der Waals surface area contributed by atoms with E-state index in [1.165, 1.54) is 17.3 Å². The van der Waals surface area contributed by atoms with E-state index in [2.05, 4.69) is 11.4 Å². The van der Waals surface area contributed by atoms with Crippen molar-refractivity contribution in [2.75, 3.05) is 0 Å². The highest BCUT2D eigenvalue weighted by atomic mass is 32.2. The van der Waals surface area contributed by atoms with E-state index >= 15 is 0 Å². The maximum Gasteiger partial charge on any atom is 0.252 e. The number of nitrogens with one attached hydrogen (secondary N) is 1. The van der Waals surface area contributed by atoms with Crippen LogP contribution >= 0.6 is 11.8 Å². The van der Waals surface area contributed by atoms with Crippen molar-refractivity contribution < 1.29 is 4.79 Å². The number of amides is 1. The fourth-order valence-electron chi connectivity index (χ4n) is 2.49. The maximum absolute atomic E-state index is 12.7. The molecule has 128 valence electrons. The average molecular weight is 358 g/mol. The van der Waals surface area contributed by atoms with Crippen LogP contribution in [0.25, 0.3) is 0 Å². The highest BCUT2D eigenvalue weighted by Gasteiger charge is 2.13. The van der Waals surface area contributed by atoms with Crippen LogP contribution in [0.3, 0.4) is 0 Å². The number of hydrogen-bond donors (Lipinski definition) is 1. The van der Waals surface area contributed by atoms with Crippen LogP contribution in [0.15, 0.2) is 82.6 Å². The van der Waals surface area contributed by atoms with Gasteiger partial charge in [0, 0.05) is 16.3 Å². The third kappa shape index (κ3) is 4.33. The highest BCUT2D eigenvalue weighted by molar-refractivity contribution is 7.99. The Morgan fingerprint density at radius 2 is 1.62 bits per heavy atom. The van der Waals surface area contributed by atoms with Crippen molar-refractivity contribution in [3.63, 3.8) is 0 Å². The molecule has 0 atom stereocenters. The van der Waals surface area contributed by atoms with Crippen molar-refractivity contribution in [2.45, 2.75) is 23.3 Å². The first-order chi connectivity index (χ1) is 12.7. The largest absolute Gasteiger partial charge is 0.348 e. The number of carbonyl (C=O) groups is 1. The second-order valence-electron chi connectivity index (χ2n) is 5.87. The van der Waals surface area contributed by atoms with E-state index in [1.807, 2.05) is 73.7 Å². The van der Waals surface area contributed by atoms with Gasteiger partial charge < -0.3 is 5.32 Å². The van der Waals surface area contributed by atoms with Gasteiger partial charge in [0.2, 0.25) is 0 Å². The van der Waals surface area contributed by atoms with Crippen LogP contribution in [-0.4, -0.2) is 5.91 Å². The zero-order valence-corrected chi connectivity index (χ0v) is 15.2. The van der Waals surface area contributed by atoms with Gasteiger partial charge in [0.05, 0.1) is 11.1 Å². The fraction of sp³-hybridized carbons (Fsp3) is 0.0909. The predicted molar refractivity (Wildman–Crippen MR) is 104 cm³/mol. The van der Waals surface area contributed by atoms with Crippen molar-refractivity contribution >= 4 is 17.7 Å². The molecule has 0 aliphatic heterocycles. The van der Waals surface area contributed by atoms with Crippen LogP contribution in [-0.2, 0) is 6.54 Å². The summed E-state index contributed by atoms with van der Waals surface area (Å²) in [6.07, 6.45) is 0. The molecule has 0 radical (unpaired) electrons. The standard InChI is InChI=1S/C22H18N2OS/c1-16-10-12-17(13-11-16)15-24-22(25)19-7-3-5-9-21(19)26-20-8-4-2-6-18(20)14-23/h2-13H,15H2,1H3,(H,24,25). The zero-order chi connectivity index (χ0) is 18.4. The fourth-order valence-corrected chi connectivity index (χ4v) is 3.52. The Morgan fingerprint density at radius 1 is 0.962 bits per heavy atom. The lowest BCUT2D eigenvalue weighted by Crippen LogP contribution is -2.23. The smallest absolute Gasteiger partial charge is 0.252 e. The lowest BCUT2D eigenvalue weighted by molar-refractivity contribution is 0.0948. The molecule has 0 saturated heterocycles. The van der Waals surface area contributed by atoms with Crippen LogP contribution < -0.4 is 5.32 Å². The van der Waals surface area contributed by atoms with Crippen molar-refractivity contribution in [1.82, 2.24) is 5.32 Å². The van der Waals surface area contributed by atoms with E-state index in [0.29, 0.717) is 17.7 Å². The van der Waals surface area contributed by atoms with Crippen LogP contribution in [0.2, 0.25) is 0 Å². The lowest BCUT2D eigenvalue weighted by atomic mass is 10.1. The molecule has 0 heterocycles. The van der Waals surface area contributed by atoms with Gasteiger partial charge in [0.25, 0.3) is 5.91 Å². The molecule has 0 aliphatic rings. The normalized spacial score (nSPS) is 10.2. The lowest BCUT2D eigenvalue weighted by Gasteiger charge is -2.11. The quantitative estimate of drug-likeness (QED) is 0.702. The Labute approximate surface area is 157 Å². The third-order valence-electron chi connectivity index (χ3n) is 3.93. The summed E-state index contributed by atoms with van der Waals surface area (Å²) in [6.45, 7) is 2.52. The van der Waals surface area contributed by atoms with E-state index in [9.17, 15) is 10.1 Å². The molecule has 1 N–H and O–H groups in total. The number of hydrogen-bond acceptors (Lipinski definition) is 3. The minimum atomic E-state index is -0.122. The minimum absolute atomic E-state index is 0.122. The first kappa shape index (κ1) is 17.8. The van der Waals surface area contributed by atoms with E-state index in [4.69, 9.17) is 0 Å². The SMILES string of the molecule is Cc1ccc(CNC(=O)c2ccccc2Sc2ccccc2C#N)cc1. The molecule has 3 aromatic carbocycles. The number of benzene rings is 3. The van der Waals surface area contributed by atoms with Gasteiger partial charge in [-0.2, -0.15) is 5.26 Å². The first-order valence-corrected chi connectivity index (χ1v) is 9.09. The summed E-state index contributed by atoms with van der Waals surface area (Å²) in [4.78, 5) is 14.3. The van der Waals surface area contributed by atoms with Crippen LogP contribution in [0.1, 0.15) is 27.0 Å². The number of nitriles is 1. The van der Waals surface area contributed by atoms with E-state index in [0.717, 1.165) is 15.4 Å². The molecule has 0 aliphatic carbocycles. The molecule has 0 saturated carbocycles. The molecule has 3 nitrogen and oxygen atoms in total. The topological polar surface area (TPSA) is 52.9 Å². The minimum Gasteiger partial charge on any atom is -0.348 e. The van der Waals surface area contributed by atoms with Crippen LogP contribution in [0.4, 0.5) is 0 Å². The third-order valence-corrected chi connectivity index (χ3v) is 5.08. The predicted octanol–water partition coefficient (Wildman–Crippen LogP) is 4.95. The summed E-state index contributed by atoms with van der Waals surface area (Å²) in [5.41, 5.74) is 3.46. The Morgan fingerprint density at radius 3 is 2.35 bits per heavy atom. The molecular formula is C22H18N2OS. The van der Waals surface area contributed by atoms with Crippen molar-refractivity contribution in [2.24, 2.45) is 0 Å². The number of rotatable bonds is 5. The number of aryl methyl sites for hydroxylation is 1. The summed E-state index contributed by atoms with van der Waals surface area (Å²) in [6, 6.07) is 25.1. The van der Waals surface area contributed by atoms with E-state index < -0.39 is 0 Å². The molecule has 1 amide bonds. The summed E-state index contributed by atoms with van der Waals surface area (Å²) < 4.78 is 0. The summed E-state index contributed by atoms with van der Waals surface area (Å²) >= 11 is 1.43. The Bertz CT molecular complexity index is 958. The first-order valence-electron chi connectivity index (χ1n) is 8.27. The van der Waals surface area contributed by atoms with E-state index in [-0.39, 0.29) is 5.91 Å². The monoisotopic (exact) mass is 358 g/mol. The second kappa shape index (κ2) is 8.37. The highest BCUT2D eigenvalue weighted by Crippen LogP contribution is 2.32. The zero-order valence-electron chi connectivity index (χ0n) is 14.4. The maximum atomic E-state index is 12.7. The number of carbonyl (C=O) groups excluding carboxylic acids is 1. The molecule has 0 fully saturated rings. The van der Waals surface area contributed by atoms with Crippen molar-refractivity contribution in [3.05, 3.63) is 95.1 Å². The molecule has 0 spiro atoms. The van der Waals surface area contributed by atoms with Gasteiger partial charge >= 0.3 is 0 Å². The molecule has 3 aromatic rings. The summed E-state index contributed by atoms with van der Waals surface area (Å²) in [5, 5.41) is 12.2. The summed E-state index contributed by atoms with van der Waals surface area (Å²) in [7, 11) is 0. The average Bonchev–Trinajstić information content (AvgIpc) is 2.68. The Kier molecular flexibility index (Phi) is 5.73. The molecule has 0 aromatic heterocycles. The molecule has 26 heavy (non-hydrogen) atoms. The van der Waals surface area contributed by atoms with Gasteiger partial charge in [-0.1, -0.05) is 65.9 Å². The molecule has 4 heteroatoms. The molecule has 0 bridgehead atoms. The van der Waals surface area contributed by atoms with Gasteiger partial charge in [-0.05, 0) is 36.8 Å². The summed E-state index contributed by atoms with van der Waals surface area (Å²) in [5.74, 6) is -0.122. The Balaban J connectivity index is 1.77. The second-order valence-corrected chi connectivity index (χ2v) is 6.96. The van der Waals surface area contributed by atoms with Crippen LogP contribution in [0, 0.1) is 18.3 Å². The van der Waals surface area contributed by atoms with Gasteiger partial charge in [-0.25, -0.2) is 0 Å². The number of nitrogens with zero attached hydrogens (tertiary/aromatic N) is 1. The van der Waals surface area contributed by atoms with Gasteiger partial charge in [0.1, 0.15) is 6.07 Å². The molecule has 0 unspecified atom stereocenters. The Hall–Kier alpha value is -3.03. The van der Waals surface area contributed by atoms with Gasteiger partial charge in [-0.15, -0.1) is 0 Å². The van der Waals surface area contributed by atoms with E-state index in [1.54, 1.807) is 6.07 Å². The van der Waals surface area contributed by atoms with Gasteiger partial charge in [0.15, 0.2) is 0 Å². The molecule has 3 rings (SSSR count).